The van der Waals surface area contributed by atoms with Crippen LogP contribution in [0.3, 0.4) is 0 Å². The molecule has 0 amide bonds. The van der Waals surface area contributed by atoms with Crippen molar-refractivity contribution in [2.45, 2.75) is 19.4 Å². The van der Waals surface area contributed by atoms with E-state index in [0.717, 1.165) is 6.20 Å². The van der Waals surface area contributed by atoms with Gasteiger partial charge in [0.05, 0.1) is 18.8 Å². The van der Waals surface area contributed by atoms with Gasteiger partial charge in [-0.15, -0.1) is 0 Å². The molecule has 0 bridgehead atoms. The Morgan fingerprint density at radius 2 is 2.33 bits per heavy atom. The van der Waals surface area contributed by atoms with E-state index in [1.54, 1.807) is 7.05 Å². The van der Waals surface area contributed by atoms with E-state index in [2.05, 4.69) is 20.6 Å². The van der Waals surface area contributed by atoms with Gasteiger partial charge in [0.1, 0.15) is 0 Å². The van der Waals surface area contributed by atoms with Crippen LogP contribution in [-0.4, -0.2) is 34.8 Å². The van der Waals surface area contributed by atoms with E-state index in [9.17, 15) is 4.39 Å². The molecule has 3 N–H and O–H groups in total. The quantitative estimate of drug-likeness (QED) is 0.677. The van der Waals surface area contributed by atoms with Crippen molar-refractivity contribution in [2.24, 2.45) is 0 Å². The summed E-state index contributed by atoms with van der Waals surface area (Å²) in [4.78, 5) is 7.62. The lowest BCUT2D eigenvalue weighted by molar-refractivity contribution is 0.271. The Balaban J connectivity index is 2.82. The van der Waals surface area contributed by atoms with Crippen LogP contribution in [0.4, 0.5) is 16.2 Å². The van der Waals surface area contributed by atoms with Crippen LogP contribution in [0, 0.1) is 5.82 Å². The number of hydrogen-bond donors (Lipinski definition) is 3. The van der Waals surface area contributed by atoms with Gasteiger partial charge in [-0.1, -0.05) is 6.92 Å². The van der Waals surface area contributed by atoms with Crippen LogP contribution >= 0.6 is 0 Å². The first-order valence-corrected chi connectivity index (χ1v) is 4.79. The zero-order valence-corrected chi connectivity index (χ0v) is 8.79. The summed E-state index contributed by atoms with van der Waals surface area (Å²) < 4.78 is 13.2. The minimum Gasteiger partial charge on any atom is -0.394 e. The molecule has 0 fully saturated rings. The summed E-state index contributed by atoms with van der Waals surface area (Å²) in [5.41, 5.74) is 0. The molecule has 0 spiro atoms. The van der Waals surface area contributed by atoms with Crippen LogP contribution in [0.2, 0.25) is 0 Å². The summed E-state index contributed by atoms with van der Waals surface area (Å²) in [6.45, 7) is 1.83. The van der Waals surface area contributed by atoms with Crippen molar-refractivity contribution in [1.82, 2.24) is 9.97 Å². The van der Waals surface area contributed by atoms with Crippen molar-refractivity contribution < 1.29 is 9.50 Å². The molecule has 0 aliphatic rings. The smallest absolute Gasteiger partial charge is 0.224 e. The predicted molar refractivity (Wildman–Crippen MR) is 56.3 cm³/mol. The molecule has 15 heavy (non-hydrogen) atoms. The summed E-state index contributed by atoms with van der Waals surface area (Å²) in [7, 11) is 1.65. The highest BCUT2D eigenvalue weighted by molar-refractivity contribution is 5.41. The minimum absolute atomic E-state index is 0.0607. The molecule has 0 saturated carbocycles. The average molecular weight is 214 g/mol. The fraction of sp³-hybridized carbons (Fsp3) is 0.556. The molecule has 5 nitrogen and oxygen atoms in total. The topological polar surface area (TPSA) is 70.1 Å². The number of aliphatic hydroxyl groups excluding tert-OH is 1. The summed E-state index contributed by atoms with van der Waals surface area (Å²) in [5, 5.41) is 14.5. The van der Waals surface area contributed by atoms with Crippen LogP contribution in [0.15, 0.2) is 6.20 Å². The third-order valence-corrected chi connectivity index (χ3v) is 2.02. The second-order valence-electron chi connectivity index (χ2n) is 3.07. The lowest BCUT2D eigenvalue weighted by Gasteiger charge is -2.15. The number of hydrogen-bond acceptors (Lipinski definition) is 5. The van der Waals surface area contributed by atoms with E-state index in [-0.39, 0.29) is 18.5 Å². The molecule has 0 radical (unpaired) electrons. The molecular formula is C9H15FN4O. The SMILES string of the molecule is CCC(CO)Nc1nc(NC)ncc1F. The minimum atomic E-state index is -0.527. The Hall–Kier alpha value is -1.43. The van der Waals surface area contributed by atoms with E-state index < -0.39 is 5.82 Å². The number of nitrogens with zero attached hydrogens (tertiary/aromatic N) is 2. The Morgan fingerprint density at radius 1 is 1.60 bits per heavy atom. The van der Waals surface area contributed by atoms with Gasteiger partial charge in [0.25, 0.3) is 0 Å². The van der Waals surface area contributed by atoms with Gasteiger partial charge in [0.2, 0.25) is 5.95 Å². The van der Waals surface area contributed by atoms with Crippen LogP contribution in [-0.2, 0) is 0 Å². The van der Waals surface area contributed by atoms with Gasteiger partial charge >= 0.3 is 0 Å². The summed E-state index contributed by atoms with van der Waals surface area (Å²) in [5.74, 6) is -0.0807. The lowest BCUT2D eigenvalue weighted by Crippen LogP contribution is -2.24. The fourth-order valence-electron chi connectivity index (χ4n) is 1.06. The fourth-order valence-corrected chi connectivity index (χ4v) is 1.06. The van der Waals surface area contributed by atoms with Gasteiger partial charge in [-0.05, 0) is 6.42 Å². The lowest BCUT2D eigenvalue weighted by atomic mass is 10.2. The van der Waals surface area contributed by atoms with E-state index in [4.69, 9.17) is 5.11 Å². The summed E-state index contributed by atoms with van der Waals surface area (Å²) >= 11 is 0. The zero-order chi connectivity index (χ0) is 11.3. The highest BCUT2D eigenvalue weighted by Gasteiger charge is 2.10. The number of anilines is 2. The maximum absolute atomic E-state index is 13.2. The summed E-state index contributed by atoms with van der Waals surface area (Å²) in [6, 6.07) is -0.195. The Kier molecular flexibility index (Phi) is 4.23. The Bertz CT molecular complexity index is 317. The Labute approximate surface area is 87.8 Å². The molecule has 1 aromatic rings. The Morgan fingerprint density at radius 3 is 2.87 bits per heavy atom. The molecule has 1 heterocycles. The molecule has 1 atom stereocenters. The van der Waals surface area contributed by atoms with E-state index in [0.29, 0.717) is 12.4 Å². The van der Waals surface area contributed by atoms with E-state index in [1.165, 1.54) is 0 Å². The molecule has 84 valence electrons. The molecule has 0 aliphatic heterocycles. The second-order valence-corrected chi connectivity index (χ2v) is 3.07. The van der Waals surface area contributed by atoms with Crippen LogP contribution in [0.1, 0.15) is 13.3 Å². The van der Waals surface area contributed by atoms with Gasteiger partial charge in [-0.3, -0.25) is 0 Å². The number of rotatable bonds is 5. The van der Waals surface area contributed by atoms with Crippen molar-refractivity contribution >= 4 is 11.8 Å². The maximum atomic E-state index is 13.2. The van der Waals surface area contributed by atoms with Crippen molar-refractivity contribution in [3.63, 3.8) is 0 Å². The van der Waals surface area contributed by atoms with Gasteiger partial charge in [0, 0.05) is 7.05 Å². The second kappa shape index (κ2) is 5.45. The molecule has 1 rings (SSSR count). The molecule has 1 unspecified atom stereocenters. The number of nitrogens with one attached hydrogen (secondary N) is 2. The van der Waals surface area contributed by atoms with Crippen LogP contribution in [0.5, 0.6) is 0 Å². The first-order valence-electron chi connectivity index (χ1n) is 4.79. The van der Waals surface area contributed by atoms with E-state index in [1.807, 2.05) is 6.92 Å². The molecule has 0 aliphatic carbocycles. The van der Waals surface area contributed by atoms with Gasteiger partial charge in [-0.2, -0.15) is 4.98 Å². The van der Waals surface area contributed by atoms with Gasteiger partial charge in [-0.25, -0.2) is 9.37 Å². The highest BCUT2D eigenvalue weighted by atomic mass is 19.1. The predicted octanol–water partition coefficient (Wildman–Crippen LogP) is 0.840. The monoisotopic (exact) mass is 214 g/mol. The zero-order valence-electron chi connectivity index (χ0n) is 8.79. The standard InChI is InChI=1S/C9H15FN4O/c1-3-6(5-15)13-8-7(10)4-12-9(11-2)14-8/h4,6,15H,3,5H2,1-2H3,(H2,11,12,13,14). The molecule has 6 heteroatoms. The summed E-state index contributed by atoms with van der Waals surface area (Å²) in [6.07, 6.45) is 1.78. The molecule has 0 aromatic carbocycles. The van der Waals surface area contributed by atoms with Crippen molar-refractivity contribution in [3.05, 3.63) is 12.0 Å². The number of aromatic nitrogens is 2. The van der Waals surface area contributed by atoms with Crippen molar-refractivity contribution in [3.8, 4) is 0 Å². The largest absolute Gasteiger partial charge is 0.394 e. The highest BCUT2D eigenvalue weighted by Crippen LogP contribution is 2.13. The van der Waals surface area contributed by atoms with Gasteiger partial charge in [0.15, 0.2) is 11.6 Å². The average Bonchev–Trinajstić information content (AvgIpc) is 2.28. The van der Waals surface area contributed by atoms with E-state index >= 15 is 0 Å². The third-order valence-electron chi connectivity index (χ3n) is 2.02. The first kappa shape index (κ1) is 11.6. The van der Waals surface area contributed by atoms with Crippen LogP contribution in [0.25, 0.3) is 0 Å². The van der Waals surface area contributed by atoms with Crippen LogP contribution < -0.4 is 10.6 Å². The molecule has 1 aromatic heterocycles. The molecule has 0 saturated heterocycles. The third kappa shape index (κ3) is 3.02. The first-order chi connectivity index (χ1) is 7.21. The molecular weight excluding hydrogens is 199 g/mol. The normalized spacial score (nSPS) is 12.3. The van der Waals surface area contributed by atoms with Crippen molar-refractivity contribution in [1.29, 1.82) is 0 Å². The van der Waals surface area contributed by atoms with Gasteiger partial charge < -0.3 is 15.7 Å². The maximum Gasteiger partial charge on any atom is 0.224 e. The van der Waals surface area contributed by atoms with Crippen molar-refractivity contribution in [2.75, 3.05) is 24.3 Å². The number of halogens is 1. The number of aliphatic hydroxyl groups is 1.